The van der Waals surface area contributed by atoms with Crippen LogP contribution in [0.1, 0.15) is 55.0 Å². The summed E-state index contributed by atoms with van der Waals surface area (Å²) in [5.41, 5.74) is 4.98. The maximum atomic E-state index is 11.0. The normalized spacial score (nSPS) is 14.7. The fourth-order valence-electron chi connectivity index (χ4n) is 4.23. The highest BCUT2D eigenvalue weighted by molar-refractivity contribution is 5.85. The number of carboxylic acid groups (broad SMARTS) is 1. The SMILES string of the molecule is Cc1c(/C=C/C(=O)O)nn(C2CCCCC2)c1-c1ccc(OCc2ccccc2)cc1. The van der Waals surface area contributed by atoms with E-state index in [-0.39, 0.29) is 0 Å². The second-order valence-corrected chi connectivity index (χ2v) is 8.07. The molecule has 0 atom stereocenters. The van der Waals surface area contributed by atoms with Gasteiger partial charge in [-0.05, 0) is 55.7 Å². The van der Waals surface area contributed by atoms with Crippen LogP contribution in [0.15, 0.2) is 60.7 Å². The minimum absolute atomic E-state index is 0.350. The van der Waals surface area contributed by atoms with E-state index in [4.69, 9.17) is 14.9 Å². The van der Waals surface area contributed by atoms with Crippen LogP contribution in [0.25, 0.3) is 17.3 Å². The molecule has 0 spiro atoms. The van der Waals surface area contributed by atoms with Crippen molar-refractivity contribution in [1.29, 1.82) is 0 Å². The highest BCUT2D eigenvalue weighted by Crippen LogP contribution is 2.35. The fourth-order valence-corrected chi connectivity index (χ4v) is 4.23. The number of carboxylic acids is 1. The zero-order valence-electron chi connectivity index (χ0n) is 17.8. The summed E-state index contributed by atoms with van der Waals surface area (Å²) in [6.45, 7) is 2.55. The van der Waals surface area contributed by atoms with Crippen molar-refractivity contribution in [1.82, 2.24) is 9.78 Å². The Morgan fingerprint density at radius 2 is 1.81 bits per heavy atom. The van der Waals surface area contributed by atoms with Gasteiger partial charge in [-0.25, -0.2) is 4.79 Å². The predicted octanol–water partition coefficient (Wildman–Crippen LogP) is 6.04. The smallest absolute Gasteiger partial charge is 0.328 e. The molecular formula is C26H28N2O3. The van der Waals surface area contributed by atoms with Gasteiger partial charge in [0.05, 0.1) is 17.4 Å². The van der Waals surface area contributed by atoms with Gasteiger partial charge < -0.3 is 9.84 Å². The van der Waals surface area contributed by atoms with Gasteiger partial charge in [0.2, 0.25) is 0 Å². The van der Waals surface area contributed by atoms with Crippen molar-refractivity contribution >= 4 is 12.0 Å². The Morgan fingerprint density at radius 1 is 1.10 bits per heavy atom. The summed E-state index contributed by atoms with van der Waals surface area (Å²) in [7, 11) is 0. The van der Waals surface area contributed by atoms with E-state index in [1.807, 2.05) is 49.4 Å². The zero-order valence-corrected chi connectivity index (χ0v) is 17.8. The largest absolute Gasteiger partial charge is 0.489 e. The van der Waals surface area contributed by atoms with Crippen molar-refractivity contribution in [2.45, 2.75) is 51.7 Å². The highest BCUT2D eigenvalue weighted by atomic mass is 16.5. The lowest BCUT2D eigenvalue weighted by Gasteiger charge is -2.24. The van der Waals surface area contributed by atoms with Gasteiger partial charge in [-0.2, -0.15) is 5.10 Å². The van der Waals surface area contributed by atoms with E-state index in [2.05, 4.69) is 16.8 Å². The molecule has 1 N–H and O–H groups in total. The maximum Gasteiger partial charge on any atom is 0.328 e. The first kappa shape index (κ1) is 20.9. The van der Waals surface area contributed by atoms with Gasteiger partial charge in [0, 0.05) is 17.2 Å². The quantitative estimate of drug-likeness (QED) is 0.477. The van der Waals surface area contributed by atoms with Gasteiger partial charge in [-0.3, -0.25) is 4.68 Å². The van der Waals surface area contributed by atoms with Crippen molar-refractivity contribution in [3.63, 3.8) is 0 Å². The van der Waals surface area contributed by atoms with Crippen molar-refractivity contribution in [2.75, 3.05) is 0 Å². The second-order valence-electron chi connectivity index (χ2n) is 8.07. The summed E-state index contributed by atoms with van der Waals surface area (Å²) < 4.78 is 8.05. The molecule has 1 saturated carbocycles. The molecule has 1 aliphatic rings. The van der Waals surface area contributed by atoms with Crippen LogP contribution in [0.4, 0.5) is 0 Å². The maximum absolute atomic E-state index is 11.0. The Balaban J connectivity index is 1.61. The molecule has 0 radical (unpaired) electrons. The van der Waals surface area contributed by atoms with Gasteiger partial charge in [-0.1, -0.05) is 49.6 Å². The Morgan fingerprint density at radius 3 is 2.48 bits per heavy atom. The van der Waals surface area contributed by atoms with Crippen LogP contribution in [0.3, 0.4) is 0 Å². The van der Waals surface area contributed by atoms with E-state index in [0.29, 0.717) is 18.3 Å². The lowest BCUT2D eigenvalue weighted by Crippen LogP contribution is -2.15. The number of aromatic nitrogens is 2. The standard InChI is InChI=1S/C26H28N2O3/c1-19-24(16-17-25(29)30)27-28(22-10-6-3-7-11-22)26(19)21-12-14-23(15-13-21)31-18-20-8-4-2-5-9-20/h2,4-5,8-9,12-17,22H,3,6-7,10-11,18H2,1H3,(H,29,30)/b17-16+. The summed E-state index contributed by atoms with van der Waals surface area (Å²) in [6, 6.07) is 18.6. The summed E-state index contributed by atoms with van der Waals surface area (Å²) >= 11 is 0. The van der Waals surface area contributed by atoms with Crippen molar-refractivity contribution in [3.8, 4) is 17.0 Å². The van der Waals surface area contributed by atoms with E-state index in [1.165, 1.54) is 19.3 Å². The summed E-state index contributed by atoms with van der Waals surface area (Å²) in [5, 5.41) is 13.9. The number of aliphatic carboxylic acids is 1. The molecule has 0 aliphatic heterocycles. The highest BCUT2D eigenvalue weighted by Gasteiger charge is 2.23. The van der Waals surface area contributed by atoms with E-state index >= 15 is 0 Å². The number of rotatable bonds is 7. The van der Waals surface area contributed by atoms with Crippen molar-refractivity contribution in [2.24, 2.45) is 0 Å². The molecule has 0 saturated heterocycles. The molecule has 0 unspecified atom stereocenters. The number of hydrogen-bond donors (Lipinski definition) is 1. The third kappa shape index (κ3) is 5.05. The Hall–Kier alpha value is -3.34. The average Bonchev–Trinajstić information content (AvgIpc) is 3.14. The van der Waals surface area contributed by atoms with Gasteiger partial charge in [-0.15, -0.1) is 0 Å². The first-order chi connectivity index (χ1) is 15.1. The molecule has 1 aromatic heterocycles. The molecule has 31 heavy (non-hydrogen) atoms. The van der Waals surface area contributed by atoms with Gasteiger partial charge >= 0.3 is 5.97 Å². The first-order valence-electron chi connectivity index (χ1n) is 10.9. The Kier molecular flexibility index (Phi) is 6.51. The van der Waals surface area contributed by atoms with Gasteiger partial charge in [0.1, 0.15) is 12.4 Å². The average molecular weight is 417 g/mol. The van der Waals surface area contributed by atoms with Crippen molar-refractivity contribution in [3.05, 3.63) is 77.5 Å². The summed E-state index contributed by atoms with van der Waals surface area (Å²) in [6.07, 6.45) is 8.64. The topological polar surface area (TPSA) is 64.3 Å². The number of benzene rings is 2. The van der Waals surface area contributed by atoms with E-state index in [0.717, 1.165) is 47.1 Å². The third-order valence-electron chi connectivity index (χ3n) is 5.86. The van der Waals surface area contributed by atoms with Crippen LogP contribution in [0.2, 0.25) is 0 Å². The Bertz CT molecular complexity index is 1050. The minimum atomic E-state index is -0.965. The molecule has 2 aromatic carbocycles. The van der Waals surface area contributed by atoms with Gasteiger partial charge in [0.15, 0.2) is 0 Å². The molecule has 160 valence electrons. The monoisotopic (exact) mass is 416 g/mol. The van der Waals surface area contributed by atoms with Crippen LogP contribution in [0, 0.1) is 6.92 Å². The van der Waals surface area contributed by atoms with E-state index in [9.17, 15) is 4.79 Å². The van der Waals surface area contributed by atoms with Crippen molar-refractivity contribution < 1.29 is 14.6 Å². The Labute approximate surface area is 183 Å². The zero-order chi connectivity index (χ0) is 21.6. The lowest BCUT2D eigenvalue weighted by atomic mass is 9.95. The number of nitrogens with zero attached hydrogens (tertiary/aromatic N) is 2. The molecule has 0 bridgehead atoms. The number of ether oxygens (including phenoxy) is 1. The molecular weight excluding hydrogens is 388 g/mol. The van der Waals surface area contributed by atoms with E-state index in [1.54, 1.807) is 6.08 Å². The number of hydrogen-bond acceptors (Lipinski definition) is 3. The van der Waals surface area contributed by atoms with Crippen LogP contribution in [0.5, 0.6) is 5.75 Å². The fraction of sp³-hybridized carbons (Fsp3) is 0.308. The minimum Gasteiger partial charge on any atom is -0.489 e. The van der Waals surface area contributed by atoms with Crippen LogP contribution < -0.4 is 4.74 Å². The molecule has 5 nitrogen and oxygen atoms in total. The first-order valence-corrected chi connectivity index (χ1v) is 10.9. The molecule has 1 aliphatic carbocycles. The third-order valence-corrected chi connectivity index (χ3v) is 5.86. The molecule has 0 amide bonds. The second kappa shape index (κ2) is 9.65. The molecule has 3 aromatic rings. The molecule has 5 heteroatoms. The predicted molar refractivity (Wildman–Crippen MR) is 122 cm³/mol. The lowest BCUT2D eigenvalue weighted by molar-refractivity contribution is -0.131. The summed E-state index contributed by atoms with van der Waals surface area (Å²) in [5.74, 6) is -0.145. The van der Waals surface area contributed by atoms with Crippen LogP contribution in [-0.4, -0.2) is 20.9 Å². The van der Waals surface area contributed by atoms with Crippen LogP contribution in [-0.2, 0) is 11.4 Å². The van der Waals surface area contributed by atoms with E-state index < -0.39 is 5.97 Å². The molecule has 4 rings (SSSR count). The van der Waals surface area contributed by atoms with Crippen LogP contribution >= 0.6 is 0 Å². The molecule has 1 heterocycles. The van der Waals surface area contributed by atoms with Gasteiger partial charge in [0.25, 0.3) is 0 Å². The summed E-state index contributed by atoms with van der Waals surface area (Å²) in [4.78, 5) is 11.0. The molecule has 1 fully saturated rings. The number of carbonyl (C=O) groups is 1.